The Labute approximate surface area is 219 Å². The molecule has 0 saturated carbocycles. The molecular weight excluding hydrogens is 474 g/mol. The monoisotopic (exact) mass is 499 g/mol. The lowest BCUT2D eigenvalue weighted by atomic mass is 9.97. The van der Waals surface area contributed by atoms with Crippen molar-refractivity contribution >= 4 is 28.0 Å². The molecular formula is C31H25N5O2. The number of aromatic nitrogens is 4. The largest absolute Gasteiger partial charge is 0.457 e. The van der Waals surface area contributed by atoms with Crippen LogP contribution in [0.2, 0.25) is 0 Å². The SMILES string of the molecule is CCc1nn2c(C)c(C(=O)Nc3ccc(Oc4ccccc4)cc3)nnc2c1-c1cccc2ccccc12. The Morgan fingerprint density at radius 3 is 2.34 bits per heavy atom. The summed E-state index contributed by atoms with van der Waals surface area (Å²) in [7, 11) is 0. The third-order valence-corrected chi connectivity index (χ3v) is 6.54. The van der Waals surface area contributed by atoms with Crippen LogP contribution in [-0.4, -0.2) is 25.7 Å². The molecule has 2 aromatic heterocycles. The van der Waals surface area contributed by atoms with Gasteiger partial charge in [-0.05, 0) is 66.1 Å². The number of nitrogens with one attached hydrogen (secondary N) is 1. The Morgan fingerprint density at radius 1 is 0.842 bits per heavy atom. The minimum atomic E-state index is -0.353. The van der Waals surface area contributed by atoms with Crippen molar-refractivity contribution in [1.82, 2.24) is 19.8 Å². The third-order valence-electron chi connectivity index (χ3n) is 6.54. The highest BCUT2D eigenvalue weighted by Gasteiger charge is 2.22. The lowest BCUT2D eigenvalue weighted by Crippen LogP contribution is -2.18. The van der Waals surface area contributed by atoms with Gasteiger partial charge in [-0.1, -0.05) is 67.6 Å². The Hall–Kier alpha value is -5.04. The summed E-state index contributed by atoms with van der Waals surface area (Å²) in [4.78, 5) is 13.2. The maximum atomic E-state index is 13.2. The highest BCUT2D eigenvalue weighted by Crippen LogP contribution is 2.34. The number of rotatable bonds is 6. The third kappa shape index (κ3) is 4.24. The fraction of sp³-hybridized carbons (Fsp3) is 0.0968. The van der Waals surface area contributed by atoms with Crippen LogP contribution in [0, 0.1) is 6.92 Å². The number of aryl methyl sites for hydroxylation is 2. The van der Waals surface area contributed by atoms with E-state index in [1.165, 1.54) is 0 Å². The average Bonchev–Trinajstić information content (AvgIpc) is 3.34. The second kappa shape index (κ2) is 9.78. The molecule has 0 spiro atoms. The van der Waals surface area contributed by atoms with Gasteiger partial charge in [0.15, 0.2) is 11.3 Å². The van der Waals surface area contributed by atoms with Gasteiger partial charge in [0.05, 0.1) is 17.0 Å². The molecule has 0 fully saturated rings. The van der Waals surface area contributed by atoms with Gasteiger partial charge in [0.2, 0.25) is 0 Å². The number of para-hydroxylation sites is 1. The van der Waals surface area contributed by atoms with Crippen molar-refractivity contribution in [2.24, 2.45) is 0 Å². The maximum Gasteiger partial charge on any atom is 0.278 e. The molecule has 0 bridgehead atoms. The van der Waals surface area contributed by atoms with Crippen molar-refractivity contribution in [3.8, 4) is 22.6 Å². The van der Waals surface area contributed by atoms with E-state index in [9.17, 15) is 4.79 Å². The summed E-state index contributed by atoms with van der Waals surface area (Å²) in [5.41, 5.74) is 5.01. The summed E-state index contributed by atoms with van der Waals surface area (Å²) in [6, 6.07) is 31.2. The lowest BCUT2D eigenvalue weighted by molar-refractivity contribution is 0.102. The van der Waals surface area contributed by atoms with Crippen LogP contribution in [0.5, 0.6) is 11.5 Å². The first-order valence-corrected chi connectivity index (χ1v) is 12.5. The first-order chi connectivity index (χ1) is 18.6. The Bertz CT molecular complexity index is 1770. The van der Waals surface area contributed by atoms with E-state index in [0.717, 1.165) is 39.8 Å². The molecule has 6 aromatic rings. The van der Waals surface area contributed by atoms with Crippen LogP contribution >= 0.6 is 0 Å². The molecule has 2 heterocycles. The van der Waals surface area contributed by atoms with Gasteiger partial charge in [0.1, 0.15) is 11.5 Å². The minimum Gasteiger partial charge on any atom is -0.457 e. The van der Waals surface area contributed by atoms with Gasteiger partial charge in [0.25, 0.3) is 5.91 Å². The van der Waals surface area contributed by atoms with E-state index in [1.54, 1.807) is 16.6 Å². The van der Waals surface area contributed by atoms with E-state index < -0.39 is 0 Å². The zero-order valence-corrected chi connectivity index (χ0v) is 21.1. The van der Waals surface area contributed by atoms with E-state index in [-0.39, 0.29) is 11.6 Å². The van der Waals surface area contributed by atoms with Gasteiger partial charge < -0.3 is 10.1 Å². The van der Waals surface area contributed by atoms with Crippen LogP contribution < -0.4 is 10.1 Å². The Kier molecular flexibility index (Phi) is 6.01. The number of benzene rings is 4. The van der Waals surface area contributed by atoms with E-state index in [4.69, 9.17) is 9.84 Å². The van der Waals surface area contributed by atoms with Crippen molar-refractivity contribution in [3.05, 3.63) is 114 Å². The highest BCUT2D eigenvalue weighted by molar-refractivity contribution is 6.04. The molecule has 0 aliphatic heterocycles. The molecule has 186 valence electrons. The number of carbonyl (C=O) groups is 1. The van der Waals surface area contributed by atoms with Gasteiger partial charge in [-0.2, -0.15) is 5.10 Å². The second-order valence-electron chi connectivity index (χ2n) is 8.96. The number of amides is 1. The van der Waals surface area contributed by atoms with E-state index in [2.05, 4.69) is 46.7 Å². The topological polar surface area (TPSA) is 81.4 Å². The van der Waals surface area contributed by atoms with Crippen molar-refractivity contribution in [1.29, 1.82) is 0 Å². The summed E-state index contributed by atoms with van der Waals surface area (Å²) in [5.74, 6) is 1.07. The van der Waals surface area contributed by atoms with Gasteiger partial charge in [-0.25, -0.2) is 4.52 Å². The smallest absolute Gasteiger partial charge is 0.278 e. The molecule has 6 rings (SSSR count). The maximum absolute atomic E-state index is 13.2. The first-order valence-electron chi connectivity index (χ1n) is 12.5. The number of hydrogen-bond donors (Lipinski definition) is 1. The number of ether oxygens (including phenoxy) is 1. The molecule has 0 aliphatic rings. The first kappa shape index (κ1) is 23.4. The number of nitrogens with zero attached hydrogens (tertiary/aromatic N) is 4. The predicted molar refractivity (Wildman–Crippen MR) is 149 cm³/mol. The van der Waals surface area contributed by atoms with Gasteiger partial charge in [-0.3, -0.25) is 4.79 Å². The molecule has 0 atom stereocenters. The number of hydrogen-bond acceptors (Lipinski definition) is 5. The van der Waals surface area contributed by atoms with Crippen molar-refractivity contribution < 1.29 is 9.53 Å². The standard InChI is InChI=1S/C31H25N5O2/c1-3-27-28(26-15-9-11-21-10-7-8-14-25(21)26)30-34-33-29(20(2)36(30)35-27)31(37)32-22-16-18-24(19-17-22)38-23-12-5-4-6-13-23/h4-19H,3H2,1-2H3,(H,32,37). The molecule has 0 radical (unpaired) electrons. The molecule has 1 N–H and O–H groups in total. The van der Waals surface area contributed by atoms with E-state index in [0.29, 0.717) is 22.8 Å². The fourth-order valence-electron chi connectivity index (χ4n) is 4.65. The van der Waals surface area contributed by atoms with E-state index in [1.807, 2.05) is 67.6 Å². The quantitative estimate of drug-likeness (QED) is 0.271. The molecule has 4 aromatic carbocycles. The average molecular weight is 500 g/mol. The molecule has 0 aliphatic carbocycles. The zero-order chi connectivity index (χ0) is 26.1. The van der Waals surface area contributed by atoms with Gasteiger partial charge >= 0.3 is 0 Å². The predicted octanol–water partition coefficient (Wildman–Crippen LogP) is 6.86. The molecule has 1 amide bonds. The van der Waals surface area contributed by atoms with Gasteiger partial charge in [-0.15, -0.1) is 10.2 Å². The molecule has 0 saturated heterocycles. The van der Waals surface area contributed by atoms with Crippen LogP contribution in [0.15, 0.2) is 97.1 Å². The van der Waals surface area contributed by atoms with Crippen LogP contribution in [0.25, 0.3) is 27.5 Å². The fourth-order valence-corrected chi connectivity index (χ4v) is 4.65. The van der Waals surface area contributed by atoms with Crippen molar-refractivity contribution in [2.75, 3.05) is 5.32 Å². The Balaban J connectivity index is 1.31. The second-order valence-corrected chi connectivity index (χ2v) is 8.96. The minimum absolute atomic E-state index is 0.219. The normalized spacial score (nSPS) is 11.1. The van der Waals surface area contributed by atoms with Crippen molar-refractivity contribution in [3.63, 3.8) is 0 Å². The highest BCUT2D eigenvalue weighted by atomic mass is 16.5. The number of fused-ring (bicyclic) bond motifs is 2. The molecule has 7 nitrogen and oxygen atoms in total. The van der Waals surface area contributed by atoms with Crippen LogP contribution in [-0.2, 0) is 6.42 Å². The lowest BCUT2D eigenvalue weighted by Gasteiger charge is -2.10. The summed E-state index contributed by atoms with van der Waals surface area (Å²) >= 11 is 0. The summed E-state index contributed by atoms with van der Waals surface area (Å²) in [6.45, 7) is 3.91. The molecule has 0 unspecified atom stereocenters. The summed E-state index contributed by atoms with van der Waals surface area (Å²) in [5, 5.41) is 18.8. The number of carbonyl (C=O) groups excluding carboxylic acids is 1. The summed E-state index contributed by atoms with van der Waals surface area (Å²) < 4.78 is 7.56. The van der Waals surface area contributed by atoms with Crippen LogP contribution in [0.3, 0.4) is 0 Å². The zero-order valence-electron chi connectivity index (χ0n) is 21.1. The number of anilines is 1. The van der Waals surface area contributed by atoms with Crippen LogP contribution in [0.4, 0.5) is 5.69 Å². The van der Waals surface area contributed by atoms with Crippen molar-refractivity contribution in [2.45, 2.75) is 20.3 Å². The molecule has 38 heavy (non-hydrogen) atoms. The Morgan fingerprint density at radius 2 is 1.55 bits per heavy atom. The van der Waals surface area contributed by atoms with Crippen LogP contribution in [0.1, 0.15) is 28.8 Å². The van der Waals surface area contributed by atoms with Gasteiger partial charge in [0, 0.05) is 5.69 Å². The summed E-state index contributed by atoms with van der Waals surface area (Å²) in [6.07, 6.45) is 0.723. The van der Waals surface area contributed by atoms with E-state index >= 15 is 0 Å². The molecule has 7 heteroatoms.